The highest BCUT2D eigenvalue weighted by Gasteiger charge is 2.19. The lowest BCUT2D eigenvalue weighted by Gasteiger charge is -2.14. The molecule has 0 unspecified atom stereocenters. The monoisotopic (exact) mass is 401 g/mol. The molecule has 0 saturated carbocycles. The zero-order valence-electron chi connectivity index (χ0n) is 13.1. The number of carbonyl (C=O) groups excluding carboxylic acids is 2. The van der Waals surface area contributed by atoms with E-state index in [1.165, 1.54) is 13.0 Å². The Hall–Kier alpha value is -1.95. The third-order valence-electron chi connectivity index (χ3n) is 3.02. The van der Waals surface area contributed by atoms with E-state index in [2.05, 4.69) is 5.32 Å². The average Bonchev–Trinajstić information content (AvgIpc) is 2.56. The molecule has 0 spiro atoms. The van der Waals surface area contributed by atoms with Gasteiger partial charge in [-0.15, -0.1) is 0 Å². The molecular weight excluding hydrogens is 389 g/mol. The molecule has 2 rings (SSSR count). The average molecular weight is 403 g/mol. The van der Waals surface area contributed by atoms with Crippen LogP contribution in [-0.4, -0.2) is 24.6 Å². The molecule has 25 heavy (non-hydrogen) atoms. The van der Waals surface area contributed by atoms with Gasteiger partial charge in [-0.3, -0.25) is 4.79 Å². The predicted octanol–water partition coefficient (Wildman–Crippen LogP) is 4.60. The minimum Gasteiger partial charge on any atom is -0.482 e. The van der Waals surface area contributed by atoms with Crippen molar-refractivity contribution in [2.45, 2.75) is 13.0 Å². The number of ether oxygens (including phenoxy) is 2. The fourth-order valence-corrected chi connectivity index (χ4v) is 2.33. The lowest BCUT2D eigenvalue weighted by molar-refractivity contribution is -0.155. The summed E-state index contributed by atoms with van der Waals surface area (Å²) in [6.45, 7) is 1.08. The second-order valence-corrected chi connectivity index (χ2v) is 6.27. The van der Waals surface area contributed by atoms with Gasteiger partial charge >= 0.3 is 5.97 Å². The van der Waals surface area contributed by atoms with Crippen LogP contribution in [0.1, 0.15) is 6.92 Å². The molecule has 1 amide bonds. The van der Waals surface area contributed by atoms with E-state index in [9.17, 15) is 9.59 Å². The van der Waals surface area contributed by atoms with Crippen LogP contribution in [0.25, 0.3) is 0 Å². The standard InChI is InChI=1S/C17H14Cl3NO4/c1-10(17(23)21-15-8-12(19)5-6-14(15)20)25-16(22)9-24-13-4-2-3-11(18)7-13/h2-8,10H,9H2,1H3,(H,21,23)/t10-/m1/s1. The summed E-state index contributed by atoms with van der Waals surface area (Å²) in [5, 5.41) is 3.77. The maximum Gasteiger partial charge on any atom is 0.344 e. The van der Waals surface area contributed by atoms with E-state index in [4.69, 9.17) is 44.3 Å². The Kier molecular flexibility index (Phi) is 6.93. The number of amides is 1. The van der Waals surface area contributed by atoms with E-state index in [1.807, 2.05) is 0 Å². The smallest absolute Gasteiger partial charge is 0.344 e. The van der Waals surface area contributed by atoms with E-state index < -0.39 is 18.0 Å². The molecule has 0 saturated heterocycles. The molecule has 0 aliphatic carbocycles. The molecule has 0 aromatic heterocycles. The topological polar surface area (TPSA) is 64.6 Å². The van der Waals surface area contributed by atoms with E-state index in [0.717, 1.165) is 0 Å². The summed E-state index contributed by atoms with van der Waals surface area (Å²) in [7, 11) is 0. The molecule has 5 nitrogen and oxygen atoms in total. The number of anilines is 1. The molecule has 8 heteroatoms. The van der Waals surface area contributed by atoms with Gasteiger partial charge in [-0.1, -0.05) is 40.9 Å². The first-order valence-corrected chi connectivity index (χ1v) is 8.32. The molecule has 132 valence electrons. The van der Waals surface area contributed by atoms with Crippen LogP contribution >= 0.6 is 34.8 Å². The fourth-order valence-electron chi connectivity index (χ4n) is 1.81. The van der Waals surface area contributed by atoms with Crippen LogP contribution in [0.3, 0.4) is 0 Å². The lowest BCUT2D eigenvalue weighted by Crippen LogP contribution is -2.31. The number of rotatable bonds is 6. The van der Waals surface area contributed by atoms with Gasteiger partial charge in [-0.25, -0.2) is 4.79 Å². The highest BCUT2D eigenvalue weighted by Crippen LogP contribution is 2.25. The van der Waals surface area contributed by atoms with Crippen molar-refractivity contribution in [3.8, 4) is 5.75 Å². The largest absolute Gasteiger partial charge is 0.482 e. The predicted molar refractivity (Wildman–Crippen MR) is 97.6 cm³/mol. The highest BCUT2D eigenvalue weighted by atomic mass is 35.5. The van der Waals surface area contributed by atoms with Crippen molar-refractivity contribution >= 4 is 52.4 Å². The quantitative estimate of drug-likeness (QED) is 0.717. The number of carbonyl (C=O) groups is 2. The van der Waals surface area contributed by atoms with Gasteiger partial charge in [0.15, 0.2) is 12.7 Å². The fraction of sp³-hybridized carbons (Fsp3) is 0.176. The van der Waals surface area contributed by atoms with Gasteiger partial charge in [-0.2, -0.15) is 0 Å². The Bertz CT molecular complexity index is 782. The lowest BCUT2D eigenvalue weighted by atomic mass is 10.3. The van der Waals surface area contributed by atoms with Crippen molar-refractivity contribution in [2.75, 3.05) is 11.9 Å². The highest BCUT2D eigenvalue weighted by molar-refractivity contribution is 6.35. The number of halogens is 3. The number of hydrogen-bond donors (Lipinski definition) is 1. The van der Waals surface area contributed by atoms with Gasteiger partial charge in [0.05, 0.1) is 10.7 Å². The summed E-state index contributed by atoms with van der Waals surface area (Å²) < 4.78 is 10.3. The normalized spacial score (nSPS) is 11.5. The molecule has 0 aliphatic heterocycles. The summed E-state index contributed by atoms with van der Waals surface area (Å²) in [6, 6.07) is 11.2. The van der Waals surface area contributed by atoms with Crippen molar-refractivity contribution in [3.05, 3.63) is 57.5 Å². The number of hydrogen-bond acceptors (Lipinski definition) is 4. The Balaban J connectivity index is 1.85. The van der Waals surface area contributed by atoms with Crippen LogP contribution in [0.4, 0.5) is 5.69 Å². The summed E-state index contributed by atoms with van der Waals surface area (Å²) in [5.74, 6) is -0.813. The van der Waals surface area contributed by atoms with E-state index in [0.29, 0.717) is 26.5 Å². The molecular formula is C17H14Cl3NO4. The number of esters is 1. The second kappa shape index (κ2) is 8.94. The van der Waals surface area contributed by atoms with Crippen LogP contribution in [0.2, 0.25) is 15.1 Å². The van der Waals surface area contributed by atoms with Gasteiger partial charge in [0.1, 0.15) is 5.75 Å². The van der Waals surface area contributed by atoms with Crippen LogP contribution in [0, 0.1) is 0 Å². The number of benzene rings is 2. The minimum atomic E-state index is -1.04. The van der Waals surface area contributed by atoms with Crippen molar-refractivity contribution in [3.63, 3.8) is 0 Å². The molecule has 2 aromatic carbocycles. The van der Waals surface area contributed by atoms with Gasteiger partial charge in [0, 0.05) is 10.0 Å². The Labute approximate surface area is 159 Å². The van der Waals surface area contributed by atoms with E-state index >= 15 is 0 Å². The third-order valence-corrected chi connectivity index (χ3v) is 3.82. The van der Waals surface area contributed by atoms with Gasteiger partial charge in [0.25, 0.3) is 5.91 Å². The Morgan fingerprint density at radius 2 is 1.80 bits per heavy atom. The first-order valence-electron chi connectivity index (χ1n) is 7.19. The first-order chi connectivity index (χ1) is 11.8. The van der Waals surface area contributed by atoms with Crippen molar-refractivity contribution < 1.29 is 19.1 Å². The van der Waals surface area contributed by atoms with Crippen molar-refractivity contribution in [2.24, 2.45) is 0 Å². The van der Waals surface area contributed by atoms with Crippen LogP contribution in [-0.2, 0) is 14.3 Å². The van der Waals surface area contributed by atoms with Crippen LogP contribution in [0.5, 0.6) is 5.75 Å². The zero-order chi connectivity index (χ0) is 18.4. The SMILES string of the molecule is C[C@@H](OC(=O)COc1cccc(Cl)c1)C(=O)Nc1cc(Cl)ccc1Cl. The summed E-state index contributed by atoms with van der Waals surface area (Å²) in [4.78, 5) is 23.9. The Morgan fingerprint density at radius 1 is 1.08 bits per heavy atom. The molecule has 1 atom stereocenters. The first kappa shape index (κ1) is 19.4. The maximum atomic E-state index is 12.1. The second-order valence-electron chi connectivity index (χ2n) is 4.99. The molecule has 0 radical (unpaired) electrons. The summed E-state index contributed by atoms with van der Waals surface area (Å²) in [5.41, 5.74) is 0.331. The molecule has 0 aliphatic rings. The molecule has 1 N–H and O–H groups in total. The minimum absolute atomic E-state index is 0.320. The van der Waals surface area contributed by atoms with Gasteiger partial charge in [0.2, 0.25) is 0 Å². The molecule has 0 fully saturated rings. The molecule has 2 aromatic rings. The van der Waals surface area contributed by atoms with Gasteiger partial charge < -0.3 is 14.8 Å². The van der Waals surface area contributed by atoms with Crippen LogP contribution < -0.4 is 10.1 Å². The van der Waals surface area contributed by atoms with E-state index in [-0.39, 0.29) is 6.61 Å². The van der Waals surface area contributed by atoms with Crippen molar-refractivity contribution in [1.29, 1.82) is 0 Å². The summed E-state index contributed by atoms with van der Waals surface area (Å²) in [6.07, 6.45) is -1.04. The van der Waals surface area contributed by atoms with E-state index in [1.54, 1.807) is 36.4 Å². The molecule has 0 bridgehead atoms. The molecule has 0 heterocycles. The zero-order valence-corrected chi connectivity index (χ0v) is 15.4. The number of nitrogens with one attached hydrogen (secondary N) is 1. The summed E-state index contributed by atoms with van der Waals surface area (Å²) >= 11 is 17.6. The maximum absolute atomic E-state index is 12.1. The van der Waals surface area contributed by atoms with Crippen molar-refractivity contribution in [1.82, 2.24) is 0 Å². The van der Waals surface area contributed by atoms with Crippen LogP contribution in [0.15, 0.2) is 42.5 Å². The third kappa shape index (κ3) is 6.12. The Morgan fingerprint density at radius 3 is 2.52 bits per heavy atom. The van der Waals surface area contributed by atoms with Gasteiger partial charge in [-0.05, 0) is 43.3 Å².